The summed E-state index contributed by atoms with van der Waals surface area (Å²) in [4.78, 5) is 23.6. The molecule has 0 unspecified atom stereocenters. The van der Waals surface area contributed by atoms with Gasteiger partial charge in [0.05, 0.1) is 6.54 Å². The smallest absolute Gasteiger partial charge is 0.253 e. The monoisotopic (exact) mass is 203 g/mol. The van der Waals surface area contributed by atoms with Crippen LogP contribution in [0.15, 0.2) is 36.4 Å². The molecule has 76 valence electrons. The second-order valence-corrected chi connectivity index (χ2v) is 3.27. The number of rotatable bonds is 2. The van der Waals surface area contributed by atoms with E-state index >= 15 is 0 Å². The number of phenols is 1. The van der Waals surface area contributed by atoms with Gasteiger partial charge in [0, 0.05) is 12.2 Å². The molecule has 1 aliphatic rings. The van der Waals surface area contributed by atoms with Gasteiger partial charge in [0.15, 0.2) is 0 Å². The fourth-order valence-corrected chi connectivity index (χ4v) is 1.42. The molecule has 0 aliphatic carbocycles. The number of carbonyl (C=O) groups is 2. The van der Waals surface area contributed by atoms with Crippen LogP contribution >= 0.6 is 0 Å². The van der Waals surface area contributed by atoms with Gasteiger partial charge in [-0.15, -0.1) is 0 Å². The van der Waals surface area contributed by atoms with Crippen LogP contribution in [0.25, 0.3) is 0 Å². The van der Waals surface area contributed by atoms with E-state index in [-0.39, 0.29) is 24.1 Å². The van der Waals surface area contributed by atoms with E-state index < -0.39 is 0 Å². The zero-order chi connectivity index (χ0) is 10.8. The van der Waals surface area contributed by atoms with Crippen molar-refractivity contribution in [2.75, 3.05) is 0 Å². The van der Waals surface area contributed by atoms with Crippen LogP contribution in [0.4, 0.5) is 0 Å². The van der Waals surface area contributed by atoms with Crippen molar-refractivity contribution in [3.8, 4) is 5.75 Å². The molecular formula is C11H9NO3. The van der Waals surface area contributed by atoms with Crippen molar-refractivity contribution in [1.82, 2.24) is 4.90 Å². The van der Waals surface area contributed by atoms with Crippen LogP contribution in [0.1, 0.15) is 5.56 Å². The molecule has 0 atom stereocenters. The molecule has 4 nitrogen and oxygen atoms in total. The Balaban J connectivity index is 2.16. The Morgan fingerprint density at radius 3 is 2.40 bits per heavy atom. The molecule has 0 bridgehead atoms. The highest BCUT2D eigenvalue weighted by Gasteiger charge is 2.23. The third kappa shape index (κ3) is 1.88. The maximum absolute atomic E-state index is 11.2. The van der Waals surface area contributed by atoms with Crippen LogP contribution in [-0.4, -0.2) is 21.8 Å². The molecule has 0 radical (unpaired) electrons. The van der Waals surface area contributed by atoms with Crippen LogP contribution in [0.2, 0.25) is 0 Å². The molecular weight excluding hydrogens is 194 g/mol. The normalized spacial score (nSPS) is 15.1. The first-order chi connectivity index (χ1) is 7.16. The van der Waals surface area contributed by atoms with E-state index in [9.17, 15) is 14.7 Å². The Bertz CT molecular complexity index is 433. The quantitative estimate of drug-likeness (QED) is 0.724. The molecule has 0 spiro atoms. The summed E-state index contributed by atoms with van der Waals surface area (Å²) in [6.45, 7) is 0.194. The van der Waals surface area contributed by atoms with E-state index in [4.69, 9.17) is 0 Å². The number of hydrogen-bond acceptors (Lipinski definition) is 3. The van der Waals surface area contributed by atoms with E-state index in [1.165, 1.54) is 24.3 Å². The second kappa shape index (κ2) is 3.57. The zero-order valence-corrected chi connectivity index (χ0v) is 7.88. The highest BCUT2D eigenvalue weighted by molar-refractivity contribution is 6.12. The molecule has 4 heteroatoms. The minimum Gasteiger partial charge on any atom is -0.508 e. The molecule has 0 saturated carbocycles. The molecule has 2 amide bonds. The summed E-state index contributed by atoms with van der Waals surface area (Å²) < 4.78 is 0. The van der Waals surface area contributed by atoms with Gasteiger partial charge in [-0.3, -0.25) is 14.5 Å². The maximum atomic E-state index is 11.2. The summed E-state index contributed by atoms with van der Waals surface area (Å²) in [5.41, 5.74) is 0.723. The topological polar surface area (TPSA) is 57.6 Å². The highest BCUT2D eigenvalue weighted by Crippen LogP contribution is 2.15. The summed E-state index contributed by atoms with van der Waals surface area (Å²) in [5.74, 6) is -0.508. The Kier molecular flexibility index (Phi) is 2.25. The van der Waals surface area contributed by atoms with Gasteiger partial charge in [-0.25, -0.2) is 0 Å². The van der Waals surface area contributed by atoms with Gasteiger partial charge in [0.25, 0.3) is 11.8 Å². The predicted molar refractivity (Wildman–Crippen MR) is 52.8 cm³/mol. The molecule has 1 aliphatic heterocycles. The number of amides is 2. The third-order valence-electron chi connectivity index (χ3n) is 2.15. The number of imide groups is 1. The summed E-state index contributed by atoms with van der Waals surface area (Å²) in [5, 5.41) is 9.21. The van der Waals surface area contributed by atoms with E-state index in [1.807, 2.05) is 0 Å². The Hall–Kier alpha value is -2.10. The highest BCUT2D eigenvalue weighted by atomic mass is 16.3. The Morgan fingerprint density at radius 1 is 1.13 bits per heavy atom. The molecule has 15 heavy (non-hydrogen) atoms. The molecule has 2 rings (SSSR count). The average Bonchev–Trinajstić information content (AvgIpc) is 2.50. The van der Waals surface area contributed by atoms with Crippen molar-refractivity contribution in [2.45, 2.75) is 6.54 Å². The Labute approximate surface area is 86.4 Å². The minimum atomic E-state index is -0.316. The molecule has 1 heterocycles. The van der Waals surface area contributed by atoms with Gasteiger partial charge in [-0.1, -0.05) is 12.1 Å². The van der Waals surface area contributed by atoms with Crippen LogP contribution in [0.3, 0.4) is 0 Å². The van der Waals surface area contributed by atoms with Crippen molar-refractivity contribution in [3.63, 3.8) is 0 Å². The predicted octanol–water partition coefficient (Wildman–Crippen LogP) is 0.817. The molecule has 1 aromatic carbocycles. The van der Waals surface area contributed by atoms with Crippen molar-refractivity contribution in [3.05, 3.63) is 42.0 Å². The number of aromatic hydroxyl groups is 1. The summed E-state index contributed by atoms with van der Waals surface area (Å²) in [7, 11) is 0. The average molecular weight is 203 g/mol. The molecule has 1 aromatic rings. The lowest BCUT2D eigenvalue weighted by atomic mass is 10.2. The lowest BCUT2D eigenvalue weighted by Crippen LogP contribution is -2.29. The number of phenolic OH excluding ortho intramolecular Hbond substituents is 1. The summed E-state index contributed by atoms with van der Waals surface area (Å²) in [6, 6.07) is 6.48. The number of carbonyl (C=O) groups excluding carboxylic acids is 2. The molecule has 1 N–H and O–H groups in total. The lowest BCUT2D eigenvalue weighted by Gasteiger charge is -2.13. The first-order valence-corrected chi connectivity index (χ1v) is 4.48. The molecule has 0 saturated heterocycles. The van der Waals surface area contributed by atoms with Crippen LogP contribution in [-0.2, 0) is 16.1 Å². The third-order valence-corrected chi connectivity index (χ3v) is 2.15. The molecule has 0 fully saturated rings. The van der Waals surface area contributed by atoms with Crippen LogP contribution in [0, 0.1) is 0 Å². The van der Waals surface area contributed by atoms with Crippen molar-refractivity contribution >= 4 is 11.8 Å². The number of benzene rings is 1. The van der Waals surface area contributed by atoms with Gasteiger partial charge in [0.1, 0.15) is 5.75 Å². The zero-order valence-electron chi connectivity index (χ0n) is 7.88. The molecule has 0 aromatic heterocycles. The lowest BCUT2D eigenvalue weighted by molar-refractivity contribution is -0.137. The number of hydrogen-bond donors (Lipinski definition) is 1. The summed E-state index contributed by atoms with van der Waals surface area (Å²) >= 11 is 0. The minimum absolute atomic E-state index is 0.125. The Morgan fingerprint density at radius 2 is 1.80 bits per heavy atom. The largest absolute Gasteiger partial charge is 0.508 e. The summed E-state index contributed by atoms with van der Waals surface area (Å²) in [6.07, 6.45) is 2.48. The second-order valence-electron chi connectivity index (χ2n) is 3.27. The fourth-order valence-electron chi connectivity index (χ4n) is 1.42. The van der Waals surface area contributed by atoms with E-state index in [0.717, 1.165) is 10.5 Å². The van der Waals surface area contributed by atoms with Crippen LogP contribution < -0.4 is 0 Å². The first-order valence-electron chi connectivity index (χ1n) is 4.48. The van der Waals surface area contributed by atoms with Gasteiger partial charge < -0.3 is 5.11 Å². The van der Waals surface area contributed by atoms with E-state index in [1.54, 1.807) is 12.1 Å². The van der Waals surface area contributed by atoms with E-state index in [2.05, 4.69) is 0 Å². The van der Waals surface area contributed by atoms with Crippen molar-refractivity contribution in [2.24, 2.45) is 0 Å². The van der Waals surface area contributed by atoms with E-state index in [0.29, 0.717) is 0 Å². The van der Waals surface area contributed by atoms with Crippen LogP contribution in [0.5, 0.6) is 5.75 Å². The van der Waals surface area contributed by atoms with Gasteiger partial charge in [-0.05, 0) is 17.7 Å². The SMILES string of the molecule is O=C1C=CC(=O)N1Cc1cccc(O)c1. The first kappa shape index (κ1) is 9.45. The van der Waals surface area contributed by atoms with Crippen molar-refractivity contribution in [1.29, 1.82) is 0 Å². The van der Waals surface area contributed by atoms with Gasteiger partial charge in [-0.2, -0.15) is 0 Å². The van der Waals surface area contributed by atoms with Gasteiger partial charge in [0.2, 0.25) is 0 Å². The maximum Gasteiger partial charge on any atom is 0.253 e. The number of nitrogens with zero attached hydrogens (tertiary/aromatic N) is 1. The van der Waals surface area contributed by atoms with Crippen molar-refractivity contribution < 1.29 is 14.7 Å². The van der Waals surface area contributed by atoms with Gasteiger partial charge >= 0.3 is 0 Å². The fraction of sp³-hybridized carbons (Fsp3) is 0.0909. The standard InChI is InChI=1S/C11H9NO3/c13-9-3-1-2-8(6-9)7-12-10(14)4-5-11(12)15/h1-6,13H,7H2.